The number of carbonyl (C=O) groups is 1. The number of benzene rings is 1. The summed E-state index contributed by atoms with van der Waals surface area (Å²) in [7, 11) is 2.07. The van der Waals surface area contributed by atoms with Crippen molar-refractivity contribution in [3.05, 3.63) is 42.3 Å². The zero-order valence-corrected chi connectivity index (χ0v) is 9.52. The summed E-state index contributed by atoms with van der Waals surface area (Å²) in [5, 5.41) is 0. The van der Waals surface area contributed by atoms with Crippen LogP contribution in [-0.2, 0) is 0 Å². The summed E-state index contributed by atoms with van der Waals surface area (Å²) in [6.45, 7) is 9.09. The number of carbonyl (C=O) groups excluding carboxylic acids is 1. The molecule has 0 aliphatic carbocycles. The summed E-state index contributed by atoms with van der Waals surface area (Å²) in [6.07, 6.45) is 0. The number of hydrogen-bond acceptors (Lipinski definition) is 2. The quantitative estimate of drug-likeness (QED) is 0.702. The normalized spacial score (nSPS) is 17.5. The lowest BCUT2D eigenvalue weighted by Gasteiger charge is -2.32. The van der Waals surface area contributed by atoms with E-state index in [2.05, 4.69) is 11.9 Å². The van der Waals surface area contributed by atoms with E-state index in [0.29, 0.717) is 5.56 Å². The Morgan fingerprint density at radius 2 is 1.69 bits per heavy atom. The van der Waals surface area contributed by atoms with Crippen LogP contribution < -0.4 is 0 Å². The average molecular weight is 216 g/mol. The highest BCUT2D eigenvalue weighted by atomic mass is 16.2. The molecule has 1 fully saturated rings. The lowest BCUT2D eigenvalue weighted by Crippen LogP contribution is -2.47. The minimum absolute atomic E-state index is 0.105. The van der Waals surface area contributed by atoms with Crippen molar-refractivity contribution in [1.82, 2.24) is 9.80 Å². The van der Waals surface area contributed by atoms with E-state index in [1.807, 2.05) is 4.90 Å². The van der Waals surface area contributed by atoms with E-state index in [1.165, 1.54) is 0 Å². The second-order valence-electron chi connectivity index (χ2n) is 4.22. The first-order valence-corrected chi connectivity index (χ1v) is 5.50. The molecule has 1 aromatic rings. The van der Waals surface area contributed by atoms with Crippen LogP contribution in [0.3, 0.4) is 0 Å². The van der Waals surface area contributed by atoms with Crippen LogP contribution in [0, 0.1) is 6.92 Å². The topological polar surface area (TPSA) is 23.6 Å². The zero-order valence-electron chi connectivity index (χ0n) is 9.52. The summed E-state index contributed by atoms with van der Waals surface area (Å²) >= 11 is 0. The number of rotatable bonds is 1. The Bertz CT molecular complexity index is 364. The third-order valence-electron chi connectivity index (χ3n) is 2.95. The molecular formula is C13H16N2O. The van der Waals surface area contributed by atoms with Crippen LogP contribution in [-0.4, -0.2) is 48.9 Å². The molecule has 2 radical (unpaired) electrons. The Hall–Kier alpha value is -1.35. The van der Waals surface area contributed by atoms with E-state index in [0.717, 1.165) is 31.7 Å². The highest BCUT2D eigenvalue weighted by Crippen LogP contribution is 2.09. The number of amides is 1. The molecule has 0 N–H and O–H groups in total. The van der Waals surface area contributed by atoms with Crippen molar-refractivity contribution in [1.29, 1.82) is 0 Å². The van der Waals surface area contributed by atoms with Gasteiger partial charge in [0.2, 0.25) is 0 Å². The molecule has 0 atom stereocenters. The van der Waals surface area contributed by atoms with Gasteiger partial charge in [-0.25, -0.2) is 0 Å². The minimum atomic E-state index is 0.105. The molecule has 0 spiro atoms. The van der Waals surface area contributed by atoms with Gasteiger partial charge in [-0.15, -0.1) is 0 Å². The van der Waals surface area contributed by atoms with Crippen LogP contribution in [0.5, 0.6) is 0 Å². The fourth-order valence-corrected chi connectivity index (χ4v) is 1.82. The molecular weight excluding hydrogens is 200 g/mol. The predicted molar refractivity (Wildman–Crippen MR) is 63.2 cm³/mol. The summed E-state index contributed by atoms with van der Waals surface area (Å²) in [6, 6.07) is 7.11. The van der Waals surface area contributed by atoms with Crippen LogP contribution >= 0.6 is 0 Å². The second-order valence-corrected chi connectivity index (χ2v) is 4.22. The van der Waals surface area contributed by atoms with E-state index >= 15 is 0 Å². The van der Waals surface area contributed by atoms with Gasteiger partial charge in [0, 0.05) is 31.7 Å². The predicted octanol–water partition coefficient (Wildman–Crippen LogP) is 1.13. The molecule has 1 saturated heterocycles. The van der Waals surface area contributed by atoms with Gasteiger partial charge in [0.25, 0.3) is 5.91 Å². The SMILES string of the molecule is [CH]c1ccc(C(=O)N2CCN(C)CC2)cc1. The van der Waals surface area contributed by atoms with E-state index in [4.69, 9.17) is 6.92 Å². The van der Waals surface area contributed by atoms with Crippen LogP contribution in [0.15, 0.2) is 24.3 Å². The first kappa shape index (κ1) is 11.1. The Balaban J connectivity index is 2.05. The average Bonchev–Trinajstić information content (AvgIpc) is 2.30. The maximum atomic E-state index is 12.1. The summed E-state index contributed by atoms with van der Waals surface area (Å²) in [5.74, 6) is 0.105. The monoisotopic (exact) mass is 216 g/mol. The van der Waals surface area contributed by atoms with Crippen LogP contribution in [0.4, 0.5) is 0 Å². The van der Waals surface area contributed by atoms with Crippen molar-refractivity contribution in [2.75, 3.05) is 33.2 Å². The van der Waals surface area contributed by atoms with Gasteiger partial charge in [0.05, 0.1) is 0 Å². The smallest absolute Gasteiger partial charge is 0.253 e. The zero-order chi connectivity index (χ0) is 11.5. The van der Waals surface area contributed by atoms with Gasteiger partial charge in [0.15, 0.2) is 0 Å². The third kappa shape index (κ3) is 2.42. The molecule has 1 amide bonds. The van der Waals surface area contributed by atoms with Crippen molar-refractivity contribution in [2.45, 2.75) is 0 Å². The highest BCUT2D eigenvalue weighted by Gasteiger charge is 2.19. The van der Waals surface area contributed by atoms with Crippen molar-refractivity contribution in [3.63, 3.8) is 0 Å². The Morgan fingerprint density at radius 1 is 1.12 bits per heavy atom. The minimum Gasteiger partial charge on any atom is -0.336 e. The van der Waals surface area contributed by atoms with E-state index in [1.54, 1.807) is 24.3 Å². The van der Waals surface area contributed by atoms with Gasteiger partial charge in [-0.05, 0) is 31.7 Å². The van der Waals surface area contributed by atoms with E-state index in [9.17, 15) is 4.79 Å². The first-order chi connectivity index (χ1) is 7.66. The van der Waals surface area contributed by atoms with Crippen molar-refractivity contribution in [3.8, 4) is 0 Å². The number of likely N-dealkylation sites (N-methyl/N-ethyl adjacent to an activating group) is 1. The Kier molecular flexibility index (Phi) is 3.25. The summed E-state index contributed by atoms with van der Waals surface area (Å²) in [4.78, 5) is 16.2. The fourth-order valence-electron chi connectivity index (χ4n) is 1.82. The third-order valence-corrected chi connectivity index (χ3v) is 2.95. The van der Waals surface area contributed by atoms with Crippen LogP contribution in [0.25, 0.3) is 0 Å². The molecule has 1 aliphatic rings. The Labute approximate surface area is 96.7 Å². The Morgan fingerprint density at radius 3 is 2.25 bits per heavy atom. The molecule has 0 unspecified atom stereocenters. The highest BCUT2D eigenvalue weighted by molar-refractivity contribution is 5.94. The largest absolute Gasteiger partial charge is 0.336 e. The maximum Gasteiger partial charge on any atom is 0.253 e. The molecule has 1 heterocycles. The standard InChI is InChI=1S/C13H16N2O/c1-11-3-5-12(6-4-11)13(16)15-9-7-14(2)8-10-15/h1,3-6H,7-10H2,2H3. The van der Waals surface area contributed by atoms with E-state index < -0.39 is 0 Å². The van der Waals surface area contributed by atoms with Gasteiger partial charge < -0.3 is 9.80 Å². The number of nitrogens with zero attached hydrogens (tertiary/aromatic N) is 2. The summed E-state index contributed by atoms with van der Waals surface area (Å²) in [5.41, 5.74) is 1.41. The van der Waals surface area contributed by atoms with Crippen molar-refractivity contribution in [2.24, 2.45) is 0 Å². The lowest BCUT2D eigenvalue weighted by atomic mass is 10.1. The molecule has 84 valence electrons. The lowest BCUT2D eigenvalue weighted by molar-refractivity contribution is 0.0664. The molecule has 3 nitrogen and oxygen atoms in total. The number of hydrogen-bond donors (Lipinski definition) is 0. The molecule has 16 heavy (non-hydrogen) atoms. The number of piperazine rings is 1. The van der Waals surface area contributed by atoms with Crippen molar-refractivity contribution >= 4 is 5.91 Å². The molecule has 3 heteroatoms. The van der Waals surface area contributed by atoms with Crippen molar-refractivity contribution < 1.29 is 4.79 Å². The van der Waals surface area contributed by atoms with Gasteiger partial charge >= 0.3 is 0 Å². The molecule has 0 aromatic heterocycles. The first-order valence-electron chi connectivity index (χ1n) is 5.50. The van der Waals surface area contributed by atoms with Crippen LogP contribution in [0.2, 0.25) is 0 Å². The molecule has 1 aromatic carbocycles. The van der Waals surface area contributed by atoms with Gasteiger partial charge in [-0.1, -0.05) is 12.1 Å². The fraction of sp³-hybridized carbons (Fsp3) is 0.385. The molecule has 1 aliphatic heterocycles. The van der Waals surface area contributed by atoms with Gasteiger partial charge in [-0.3, -0.25) is 4.79 Å². The molecule has 0 bridgehead atoms. The van der Waals surface area contributed by atoms with Crippen LogP contribution in [0.1, 0.15) is 15.9 Å². The second kappa shape index (κ2) is 4.66. The van der Waals surface area contributed by atoms with Gasteiger partial charge in [0.1, 0.15) is 0 Å². The maximum absolute atomic E-state index is 12.1. The molecule has 0 saturated carbocycles. The summed E-state index contributed by atoms with van der Waals surface area (Å²) < 4.78 is 0. The molecule has 2 rings (SSSR count). The van der Waals surface area contributed by atoms with Gasteiger partial charge in [-0.2, -0.15) is 0 Å². The van der Waals surface area contributed by atoms with E-state index in [-0.39, 0.29) is 5.91 Å².